The molecule has 1 fully saturated rings. The molecule has 1 aliphatic heterocycles. The first-order valence-electron chi connectivity index (χ1n) is 7.27. The molecule has 0 aromatic carbocycles. The molecule has 0 aliphatic carbocycles. The van der Waals surface area contributed by atoms with Gasteiger partial charge >= 0.3 is 0 Å². The lowest BCUT2D eigenvalue weighted by Gasteiger charge is -2.23. The Bertz CT molecular complexity index is 369. The number of amides is 3. The number of nitrogens with two attached hydrogens (primary N) is 1. The van der Waals surface area contributed by atoms with Crippen LogP contribution < -0.4 is 16.4 Å². The third kappa shape index (κ3) is 5.28. The van der Waals surface area contributed by atoms with E-state index >= 15 is 0 Å². The summed E-state index contributed by atoms with van der Waals surface area (Å²) in [5.41, 5.74) is 5.57. The van der Waals surface area contributed by atoms with E-state index in [0.717, 1.165) is 12.8 Å². The normalized spacial score (nSPS) is 20.7. The summed E-state index contributed by atoms with van der Waals surface area (Å²) in [6, 6.07) is -0.577. The second-order valence-corrected chi connectivity index (χ2v) is 5.69. The third-order valence-corrected chi connectivity index (χ3v) is 3.80. The number of carbonyl (C=O) groups excluding carboxylic acids is 3. The standard InChI is InChI=1S/C14H25N3O3/c1-9(2)10(7-8-15)3-5-12(18)16-11-4-6-13(19)17-14(11)20/h9-11H,3-8,15H2,1-2H3,(H,16,18)(H,17,19,20). The molecule has 4 N–H and O–H groups in total. The lowest BCUT2D eigenvalue weighted by Crippen LogP contribution is -2.52. The van der Waals surface area contributed by atoms with Gasteiger partial charge in [-0.25, -0.2) is 0 Å². The van der Waals surface area contributed by atoms with Crippen LogP contribution in [0.4, 0.5) is 0 Å². The lowest BCUT2D eigenvalue weighted by molar-refractivity contribution is -0.137. The second kappa shape index (κ2) is 7.99. The molecule has 114 valence electrons. The molecule has 0 radical (unpaired) electrons. The fourth-order valence-corrected chi connectivity index (χ4v) is 2.44. The van der Waals surface area contributed by atoms with Crippen molar-refractivity contribution in [2.24, 2.45) is 17.6 Å². The Balaban J connectivity index is 2.36. The van der Waals surface area contributed by atoms with E-state index in [9.17, 15) is 14.4 Å². The lowest BCUT2D eigenvalue weighted by atomic mass is 9.88. The smallest absolute Gasteiger partial charge is 0.249 e. The quantitative estimate of drug-likeness (QED) is 0.585. The van der Waals surface area contributed by atoms with Crippen LogP contribution in [0.5, 0.6) is 0 Å². The predicted molar refractivity (Wildman–Crippen MR) is 75.5 cm³/mol. The van der Waals surface area contributed by atoms with Gasteiger partial charge in [0, 0.05) is 12.8 Å². The van der Waals surface area contributed by atoms with Gasteiger partial charge in [-0.05, 0) is 37.6 Å². The maximum absolute atomic E-state index is 11.9. The average molecular weight is 283 g/mol. The first-order valence-corrected chi connectivity index (χ1v) is 7.27. The molecule has 0 saturated carbocycles. The van der Waals surface area contributed by atoms with Crippen molar-refractivity contribution in [3.8, 4) is 0 Å². The summed E-state index contributed by atoms with van der Waals surface area (Å²) >= 11 is 0. The van der Waals surface area contributed by atoms with E-state index in [1.807, 2.05) is 0 Å². The van der Waals surface area contributed by atoms with Gasteiger partial charge in [0.1, 0.15) is 6.04 Å². The van der Waals surface area contributed by atoms with Gasteiger partial charge < -0.3 is 11.1 Å². The molecule has 0 aromatic rings. The summed E-state index contributed by atoms with van der Waals surface area (Å²) in [5.74, 6) is 0.0944. The summed E-state index contributed by atoms with van der Waals surface area (Å²) in [7, 11) is 0. The number of nitrogens with one attached hydrogen (secondary N) is 2. The maximum atomic E-state index is 11.9. The molecule has 1 heterocycles. The minimum Gasteiger partial charge on any atom is -0.344 e. The van der Waals surface area contributed by atoms with E-state index in [0.29, 0.717) is 31.2 Å². The number of imide groups is 1. The van der Waals surface area contributed by atoms with Gasteiger partial charge in [0.05, 0.1) is 0 Å². The zero-order chi connectivity index (χ0) is 15.1. The summed E-state index contributed by atoms with van der Waals surface area (Å²) in [6.45, 7) is 4.87. The molecular formula is C14H25N3O3. The number of piperidine rings is 1. The van der Waals surface area contributed by atoms with Gasteiger partial charge in [-0.1, -0.05) is 13.8 Å². The molecule has 3 amide bonds. The molecule has 2 atom stereocenters. The highest BCUT2D eigenvalue weighted by Gasteiger charge is 2.27. The van der Waals surface area contributed by atoms with Crippen molar-refractivity contribution < 1.29 is 14.4 Å². The van der Waals surface area contributed by atoms with E-state index in [1.165, 1.54) is 0 Å². The van der Waals surface area contributed by atoms with Gasteiger partial charge in [-0.3, -0.25) is 19.7 Å². The summed E-state index contributed by atoms with van der Waals surface area (Å²) in [4.78, 5) is 34.4. The van der Waals surface area contributed by atoms with Gasteiger partial charge in [0.2, 0.25) is 17.7 Å². The Morgan fingerprint density at radius 2 is 2.10 bits per heavy atom. The molecule has 2 unspecified atom stereocenters. The van der Waals surface area contributed by atoms with Crippen LogP contribution in [-0.2, 0) is 14.4 Å². The third-order valence-electron chi connectivity index (χ3n) is 3.80. The Morgan fingerprint density at radius 1 is 1.40 bits per heavy atom. The zero-order valence-electron chi connectivity index (χ0n) is 12.3. The largest absolute Gasteiger partial charge is 0.344 e. The van der Waals surface area contributed by atoms with Gasteiger partial charge in [0.15, 0.2) is 0 Å². The van der Waals surface area contributed by atoms with Crippen LogP contribution in [0.25, 0.3) is 0 Å². The second-order valence-electron chi connectivity index (χ2n) is 5.69. The molecule has 0 spiro atoms. The fourth-order valence-electron chi connectivity index (χ4n) is 2.44. The summed E-state index contributed by atoms with van der Waals surface area (Å²) in [6.07, 6.45) is 2.73. The van der Waals surface area contributed by atoms with E-state index < -0.39 is 11.9 Å². The van der Waals surface area contributed by atoms with Gasteiger partial charge in [0.25, 0.3) is 0 Å². The Morgan fingerprint density at radius 3 is 2.65 bits per heavy atom. The SMILES string of the molecule is CC(C)C(CCN)CCC(=O)NC1CCC(=O)NC1=O. The monoisotopic (exact) mass is 283 g/mol. The fraction of sp³-hybridized carbons (Fsp3) is 0.786. The van der Waals surface area contributed by atoms with Crippen molar-refractivity contribution in [3.63, 3.8) is 0 Å². The maximum Gasteiger partial charge on any atom is 0.249 e. The van der Waals surface area contributed by atoms with E-state index in [-0.39, 0.29) is 18.2 Å². The van der Waals surface area contributed by atoms with Gasteiger partial charge in [-0.2, -0.15) is 0 Å². The van der Waals surface area contributed by atoms with Crippen LogP contribution >= 0.6 is 0 Å². The van der Waals surface area contributed by atoms with Crippen molar-refractivity contribution in [3.05, 3.63) is 0 Å². The Labute approximate surface area is 119 Å². The predicted octanol–water partition coefficient (Wildman–Crippen LogP) is 0.309. The van der Waals surface area contributed by atoms with Crippen molar-refractivity contribution in [1.82, 2.24) is 10.6 Å². The molecular weight excluding hydrogens is 258 g/mol. The summed E-state index contributed by atoms with van der Waals surface area (Å²) < 4.78 is 0. The highest BCUT2D eigenvalue weighted by molar-refractivity contribution is 6.01. The van der Waals surface area contributed by atoms with Crippen LogP contribution in [0.3, 0.4) is 0 Å². The molecule has 1 rings (SSSR count). The number of rotatable bonds is 7. The van der Waals surface area contributed by atoms with Crippen LogP contribution in [0.15, 0.2) is 0 Å². The molecule has 6 heteroatoms. The number of hydrogen-bond acceptors (Lipinski definition) is 4. The molecule has 20 heavy (non-hydrogen) atoms. The van der Waals surface area contributed by atoms with Crippen molar-refractivity contribution in [1.29, 1.82) is 0 Å². The van der Waals surface area contributed by atoms with Crippen LogP contribution in [0.2, 0.25) is 0 Å². The summed E-state index contributed by atoms with van der Waals surface area (Å²) in [5, 5.41) is 4.92. The minimum atomic E-state index is -0.577. The van der Waals surface area contributed by atoms with E-state index in [1.54, 1.807) is 0 Å². The van der Waals surface area contributed by atoms with E-state index in [4.69, 9.17) is 5.73 Å². The van der Waals surface area contributed by atoms with Crippen molar-refractivity contribution >= 4 is 17.7 Å². The molecule has 1 aliphatic rings. The van der Waals surface area contributed by atoms with Crippen LogP contribution in [0, 0.1) is 11.8 Å². The molecule has 0 aromatic heterocycles. The highest BCUT2D eigenvalue weighted by Crippen LogP contribution is 2.20. The number of hydrogen-bond donors (Lipinski definition) is 3. The van der Waals surface area contributed by atoms with Crippen molar-refractivity contribution in [2.45, 2.75) is 52.0 Å². The van der Waals surface area contributed by atoms with Gasteiger partial charge in [-0.15, -0.1) is 0 Å². The Hall–Kier alpha value is -1.43. The first kappa shape index (κ1) is 16.6. The highest BCUT2D eigenvalue weighted by atomic mass is 16.2. The number of carbonyl (C=O) groups is 3. The first-order chi connectivity index (χ1) is 9.43. The molecule has 6 nitrogen and oxygen atoms in total. The zero-order valence-corrected chi connectivity index (χ0v) is 12.3. The topological polar surface area (TPSA) is 101 Å². The minimum absolute atomic E-state index is 0.137. The molecule has 1 saturated heterocycles. The van der Waals surface area contributed by atoms with Crippen LogP contribution in [0.1, 0.15) is 46.0 Å². The van der Waals surface area contributed by atoms with Crippen molar-refractivity contribution in [2.75, 3.05) is 6.54 Å². The van der Waals surface area contributed by atoms with E-state index in [2.05, 4.69) is 24.5 Å². The van der Waals surface area contributed by atoms with Crippen LogP contribution in [-0.4, -0.2) is 30.3 Å². The Kier molecular flexibility index (Phi) is 6.64. The molecule has 0 bridgehead atoms. The average Bonchev–Trinajstić information content (AvgIpc) is 2.37.